The van der Waals surface area contributed by atoms with Crippen molar-refractivity contribution in [3.8, 4) is 0 Å². The molecule has 34 heavy (non-hydrogen) atoms. The highest BCUT2D eigenvalue weighted by Crippen LogP contribution is 2.15. The van der Waals surface area contributed by atoms with E-state index in [1.165, 1.54) is 109 Å². The number of rotatable bonds is 27. The minimum absolute atomic E-state index is 0.345. The lowest BCUT2D eigenvalue weighted by Crippen LogP contribution is -2.27. The zero-order valence-electron chi connectivity index (χ0n) is 22.9. The lowest BCUT2D eigenvalue weighted by Gasteiger charge is -2.13. The maximum atomic E-state index is 12.1. The topological polar surface area (TPSA) is 63.6 Å². The number of carboxylic acid groups (broad SMARTS) is 1. The molecule has 0 aliphatic carbocycles. The molecule has 0 bridgehead atoms. The van der Waals surface area contributed by atoms with Crippen LogP contribution in [0.15, 0.2) is 0 Å². The van der Waals surface area contributed by atoms with Gasteiger partial charge in [0.1, 0.15) is 0 Å². The van der Waals surface area contributed by atoms with Gasteiger partial charge in [-0.2, -0.15) is 0 Å². The van der Waals surface area contributed by atoms with Gasteiger partial charge in [0.2, 0.25) is 0 Å². The Balaban J connectivity index is 3.58. The van der Waals surface area contributed by atoms with Crippen LogP contribution in [0, 0.1) is 0 Å². The molecule has 0 fully saturated rings. The molecular formula is C30H58O4. The lowest BCUT2D eigenvalue weighted by atomic mass is 10.0. The minimum atomic E-state index is -1.00. The Morgan fingerprint density at radius 2 is 0.853 bits per heavy atom. The van der Waals surface area contributed by atoms with Gasteiger partial charge in [-0.15, -0.1) is 0 Å². The first kappa shape index (κ1) is 32.9. The monoisotopic (exact) mass is 482 g/mol. The van der Waals surface area contributed by atoms with E-state index in [9.17, 15) is 14.7 Å². The molecule has 1 N–H and O–H groups in total. The van der Waals surface area contributed by atoms with E-state index in [4.69, 9.17) is 4.74 Å². The van der Waals surface area contributed by atoms with Gasteiger partial charge in [-0.1, -0.05) is 149 Å². The van der Waals surface area contributed by atoms with Crippen molar-refractivity contribution in [1.29, 1.82) is 0 Å². The number of ether oxygens (including phenoxy) is 1. The normalized spacial score (nSPS) is 12.1. The first-order chi connectivity index (χ1) is 16.6. The zero-order valence-corrected chi connectivity index (χ0v) is 22.9. The summed E-state index contributed by atoms with van der Waals surface area (Å²) in [5, 5.41) is 9.38. The molecule has 0 amide bonds. The predicted molar refractivity (Wildman–Crippen MR) is 144 cm³/mol. The van der Waals surface area contributed by atoms with Gasteiger partial charge >= 0.3 is 11.9 Å². The van der Waals surface area contributed by atoms with Gasteiger partial charge in [0, 0.05) is 6.42 Å². The Labute approximate surface area is 212 Å². The third kappa shape index (κ3) is 24.1. The highest BCUT2D eigenvalue weighted by Gasteiger charge is 2.21. The fraction of sp³-hybridized carbons (Fsp3) is 0.933. The molecule has 202 valence electrons. The SMILES string of the molecule is CCCCCCCCCCCCCCC(=O)OC(CCCCCCCCCCCCC)C(=O)O. The molecule has 1 unspecified atom stereocenters. The van der Waals surface area contributed by atoms with Crippen LogP contribution in [0.3, 0.4) is 0 Å². The standard InChI is InChI=1S/C30H58O4/c1-3-5-7-9-11-13-15-17-19-21-23-25-27-29(31)34-28(30(32)33)26-24-22-20-18-16-14-12-10-8-6-4-2/h28H,3-27H2,1-2H3,(H,32,33). The smallest absolute Gasteiger partial charge is 0.345 e. The van der Waals surface area contributed by atoms with Crippen molar-refractivity contribution >= 4 is 11.9 Å². The van der Waals surface area contributed by atoms with Crippen LogP contribution in [0.1, 0.15) is 174 Å². The second kappa shape index (κ2) is 26.5. The van der Waals surface area contributed by atoms with Gasteiger partial charge in [-0.05, 0) is 19.3 Å². The average Bonchev–Trinajstić information content (AvgIpc) is 2.82. The number of unbranched alkanes of at least 4 members (excludes halogenated alkanes) is 21. The summed E-state index contributed by atoms with van der Waals surface area (Å²) in [7, 11) is 0. The molecule has 0 aliphatic heterocycles. The van der Waals surface area contributed by atoms with Crippen LogP contribution >= 0.6 is 0 Å². The van der Waals surface area contributed by atoms with E-state index < -0.39 is 12.1 Å². The Hall–Kier alpha value is -1.06. The van der Waals surface area contributed by atoms with Crippen molar-refractivity contribution in [3.05, 3.63) is 0 Å². The van der Waals surface area contributed by atoms with Crippen LogP contribution in [0.4, 0.5) is 0 Å². The van der Waals surface area contributed by atoms with E-state index in [1.54, 1.807) is 0 Å². The van der Waals surface area contributed by atoms with Crippen LogP contribution in [0.5, 0.6) is 0 Å². The largest absolute Gasteiger partial charge is 0.479 e. The number of hydrogen-bond donors (Lipinski definition) is 1. The number of aliphatic carboxylic acids is 1. The second-order valence-corrected chi connectivity index (χ2v) is 10.3. The van der Waals surface area contributed by atoms with Crippen molar-refractivity contribution in [2.45, 2.75) is 180 Å². The van der Waals surface area contributed by atoms with Gasteiger partial charge in [0.25, 0.3) is 0 Å². The van der Waals surface area contributed by atoms with Gasteiger partial charge in [-0.25, -0.2) is 4.79 Å². The maximum absolute atomic E-state index is 12.1. The van der Waals surface area contributed by atoms with E-state index in [1.807, 2.05) is 0 Å². The third-order valence-corrected chi connectivity index (χ3v) is 6.85. The molecular weight excluding hydrogens is 424 g/mol. The maximum Gasteiger partial charge on any atom is 0.345 e. The summed E-state index contributed by atoms with van der Waals surface area (Å²) < 4.78 is 5.27. The van der Waals surface area contributed by atoms with Crippen molar-refractivity contribution in [1.82, 2.24) is 0 Å². The highest BCUT2D eigenvalue weighted by atomic mass is 16.6. The van der Waals surface area contributed by atoms with Crippen LogP contribution in [-0.4, -0.2) is 23.1 Å². The van der Waals surface area contributed by atoms with Crippen LogP contribution < -0.4 is 0 Å². The number of esters is 1. The van der Waals surface area contributed by atoms with E-state index in [0.29, 0.717) is 12.8 Å². The fourth-order valence-electron chi connectivity index (χ4n) is 4.55. The van der Waals surface area contributed by atoms with E-state index >= 15 is 0 Å². The van der Waals surface area contributed by atoms with E-state index in [2.05, 4.69) is 13.8 Å². The Bertz CT molecular complexity index is 449. The Kier molecular flexibility index (Phi) is 25.7. The molecule has 0 aromatic rings. The summed E-state index contributed by atoms with van der Waals surface area (Å²) >= 11 is 0. The van der Waals surface area contributed by atoms with E-state index in [0.717, 1.165) is 38.5 Å². The average molecular weight is 483 g/mol. The molecule has 0 saturated heterocycles. The molecule has 0 aliphatic rings. The third-order valence-electron chi connectivity index (χ3n) is 6.85. The first-order valence-corrected chi connectivity index (χ1v) is 15.0. The number of carboxylic acids is 1. The van der Waals surface area contributed by atoms with Crippen LogP contribution in [0.25, 0.3) is 0 Å². The quantitative estimate of drug-likeness (QED) is 0.0934. The van der Waals surface area contributed by atoms with Gasteiger partial charge in [0.15, 0.2) is 6.10 Å². The Morgan fingerprint density at radius 1 is 0.529 bits per heavy atom. The predicted octanol–water partition coefficient (Wildman–Crippen LogP) is 9.78. The second-order valence-electron chi connectivity index (χ2n) is 10.3. The number of carbonyl (C=O) groups is 2. The fourth-order valence-corrected chi connectivity index (χ4v) is 4.55. The number of carbonyl (C=O) groups excluding carboxylic acids is 1. The summed E-state index contributed by atoms with van der Waals surface area (Å²) in [5.41, 5.74) is 0. The summed E-state index contributed by atoms with van der Waals surface area (Å²) in [6, 6.07) is 0. The number of hydrogen-bond acceptors (Lipinski definition) is 3. The molecule has 0 saturated carbocycles. The molecule has 0 aromatic heterocycles. The van der Waals surface area contributed by atoms with Crippen molar-refractivity contribution in [2.24, 2.45) is 0 Å². The molecule has 0 aromatic carbocycles. The molecule has 0 radical (unpaired) electrons. The van der Waals surface area contributed by atoms with Crippen molar-refractivity contribution in [3.63, 3.8) is 0 Å². The van der Waals surface area contributed by atoms with Gasteiger partial charge in [0.05, 0.1) is 0 Å². The molecule has 0 spiro atoms. The molecule has 0 rings (SSSR count). The zero-order chi connectivity index (χ0) is 25.1. The van der Waals surface area contributed by atoms with Crippen LogP contribution in [0.2, 0.25) is 0 Å². The molecule has 0 heterocycles. The molecule has 1 atom stereocenters. The minimum Gasteiger partial charge on any atom is -0.479 e. The van der Waals surface area contributed by atoms with Crippen LogP contribution in [-0.2, 0) is 14.3 Å². The molecule has 4 nitrogen and oxygen atoms in total. The highest BCUT2D eigenvalue weighted by molar-refractivity contribution is 5.77. The van der Waals surface area contributed by atoms with Crippen molar-refractivity contribution < 1.29 is 19.4 Å². The summed E-state index contributed by atoms with van der Waals surface area (Å²) in [5.74, 6) is -1.35. The summed E-state index contributed by atoms with van der Waals surface area (Å²) in [6.07, 6.45) is 28.4. The van der Waals surface area contributed by atoms with Gasteiger partial charge < -0.3 is 9.84 Å². The first-order valence-electron chi connectivity index (χ1n) is 15.0. The van der Waals surface area contributed by atoms with Gasteiger partial charge in [-0.3, -0.25) is 4.79 Å². The Morgan fingerprint density at radius 3 is 1.21 bits per heavy atom. The lowest BCUT2D eigenvalue weighted by molar-refractivity contribution is -0.164. The molecule has 4 heteroatoms. The van der Waals surface area contributed by atoms with Crippen molar-refractivity contribution in [2.75, 3.05) is 0 Å². The summed E-state index contributed by atoms with van der Waals surface area (Å²) in [6.45, 7) is 4.50. The van der Waals surface area contributed by atoms with E-state index in [-0.39, 0.29) is 5.97 Å². The summed E-state index contributed by atoms with van der Waals surface area (Å²) in [4.78, 5) is 23.5.